The second kappa shape index (κ2) is 6.36. The fourth-order valence-electron chi connectivity index (χ4n) is 2.70. The highest BCUT2D eigenvalue weighted by molar-refractivity contribution is 6.31. The molecule has 3 nitrogen and oxygen atoms in total. The van der Waals surface area contributed by atoms with E-state index in [1.165, 1.54) is 0 Å². The van der Waals surface area contributed by atoms with E-state index < -0.39 is 0 Å². The zero-order valence-corrected chi connectivity index (χ0v) is 13.8. The summed E-state index contributed by atoms with van der Waals surface area (Å²) < 4.78 is 6.02. The molecule has 0 radical (unpaired) electrons. The number of halogens is 1. The highest BCUT2D eigenvalue weighted by Gasteiger charge is 2.20. The van der Waals surface area contributed by atoms with Crippen LogP contribution < -0.4 is 9.64 Å². The minimum Gasteiger partial charge on any atom is -0.487 e. The van der Waals surface area contributed by atoms with E-state index in [-0.39, 0.29) is 6.61 Å². The summed E-state index contributed by atoms with van der Waals surface area (Å²) in [5, 5.41) is 9.78. The van der Waals surface area contributed by atoms with E-state index in [9.17, 15) is 5.26 Å². The molecule has 116 valence electrons. The Morgan fingerprint density at radius 2 is 2.04 bits per heavy atom. The number of rotatable bonds is 3. The van der Waals surface area contributed by atoms with Crippen LogP contribution in [-0.2, 0) is 6.61 Å². The molecule has 0 bridgehead atoms. The molecule has 0 aliphatic carbocycles. The summed E-state index contributed by atoms with van der Waals surface area (Å²) in [5.41, 5.74) is 3.45. The Kier molecular flexibility index (Phi) is 4.27. The van der Waals surface area contributed by atoms with Gasteiger partial charge in [0, 0.05) is 29.2 Å². The monoisotopic (exact) mass is 324 g/mol. The van der Waals surface area contributed by atoms with Gasteiger partial charge >= 0.3 is 0 Å². The van der Waals surface area contributed by atoms with Crippen LogP contribution in [0.15, 0.2) is 42.5 Å². The number of fused-ring (bicyclic) bond motifs is 1. The minimum atomic E-state index is 0.269. The Hall–Kier alpha value is -2.44. The summed E-state index contributed by atoms with van der Waals surface area (Å²) in [4.78, 5) is 2.18. The van der Waals surface area contributed by atoms with Crippen molar-refractivity contribution in [2.75, 3.05) is 11.9 Å². The summed E-state index contributed by atoms with van der Waals surface area (Å²) in [6, 6.07) is 13.8. The summed E-state index contributed by atoms with van der Waals surface area (Å²) in [6.45, 7) is 2.41. The largest absolute Gasteiger partial charge is 0.487 e. The Morgan fingerprint density at radius 3 is 2.83 bits per heavy atom. The molecule has 1 unspecified atom stereocenters. The molecule has 0 saturated carbocycles. The molecule has 0 fully saturated rings. The number of para-hydroxylation sites is 1. The van der Waals surface area contributed by atoms with Crippen molar-refractivity contribution in [3.63, 3.8) is 0 Å². The van der Waals surface area contributed by atoms with E-state index in [1.807, 2.05) is 12.1 Å². The maximum Gasteiger partial charge on any atom is 0.143 e. The van der Waals surface area contributed by atoms with Crippen LogP contribution in [0.1, 0.15) is 23.6 Å². The van der Waals surface area contributed by atoms with Gasteiger partial charge in [0.25, 0.3) is 0 Å². The first-order valence-corrected chi connectivity index (χ1v) is 7.84. The van der Waals surface area contributed by atoms with Gasteiger partial charge in [-0.25, -0.2) is 0 Å². The topological polar surface area (TPSA) is 36.3 Å². The molecule has 23 heavy (non-hydrogen) atoms. The maximum atomic E-state index is 9.23. The Morgan fingerprint density at radius 1 is 1.26 bits per heavy atom. The van der Waals surface area contributed by atoms with Gasteiger partial charge in [0.2, 0.25) is 0 Å². The van der Waals surface area contributed by atoms with Crippen molar-refractivity contribution in [3.05, 3.63) is 64.2 Å². The van der Waals surface area contributed by atoms with Crippen LogP contribution in [0.4, 0.5) is 5.69 Å². The quantitative estimate of drug-likeness (QED) is 0.825. The summed E-state index contributed by atoms with van der Waals surface area (Å²) >= 11 is 6.22. The lowest BCUT2D eigenvalue weighted by Crippen LogP contribution is -2.30. The SMILES string of the molecule is CC1C=Cc2cccc(OCc3c(Cl)cccc3C#N)c2N1C. The van der Waals surface area contributed by atoms with Gasteiger partial charge in [-0.15, -0.1) is 0 Å². The van der Waals surface area contributed by atoms with Crippen LogP contribution in [0, 0.1) is 11.3 Å². The third-order valence-electron chi connectivity index (χ3n) is 4.16. The molecule has 0 amide bonds. The van der Waals surface area contributed by atoms with Crippen molar-refractivity contribution in [1.82, 2.24) is 0 Å². The summed E-state index contributed by atoms with van der Waals surface area (Å²) in [5.74, 6) is 0.796. The molecular weight excluding hydrogens is 308 g/mol. The standard InChI is InChI=1S/C19H17ClN2O/c1-13-9-10-14-5-4-8-18(19(14)22(13)2)23-12-16-15(11-21)6-3-7-17(16)20/h3-10,13H,12H2,1-2H3. The van der Waals surface area contributed by atoms with Crippen LogP contribution in [0.3, 0.4) is 0 Å². The summed E-state index contributed by atoms with van der Waals surface area (Å²) in [6.07, 6.45) is 4.27. The van der Waals surface area contributed by atoms with Crippen LogP contribution in [-0.4, -0.2) is 13.1 Å². The smallest absolute Gasteiger partial charge is 0.143 e. The average molecular weight is 325 g/mol. The van der Waals surface area contributed by atoms with E-state index in [0.717, 1.165) is 22.6 Å². The molecule has 1 aliphatic heterocycles. The third kappa shape index (κ3) is 2.91. The molecule has 0 saturated heterocycles. The summed E-state index contributed by atoms with van der Waals surface area (Å²) in [7, 11) is 2.05. The van der Waals surface area contributed by atoms with E-state index in [2.05, 4.69) is 43.2 Å². The lowest BCUT2D eigenvalue weighted by Gasteiger charge is -2.31. The van der Waals surface area contributed by atoms with Gasteiger partial charge in [-0.2, -0.15) is 5.26 Å². The van der Waals surface area contributed by atoms with Crippen molar-refractivity contribution >= 4 is 23.4 Å². The maximum absolute atomic E-state index is 9.23. The molecule has 0 aromatic heterocycles. The van der Waals surface area contributed by atoms with Gasteiger partial charge in [-0.05, 0) is 25.1 Å². The van der Waals surface area contributed by atoms with Gasteiger partial charge in [0.1, 0.15) is 12.4 Å². The molecular formula is C19H17ClN2O. The molecule has 4 heteroatoms. The fraction of sp³-hybridized carbons (Fsp3) is 0.211. The first-order chi connectivity index (χ1) is 11.1. The Balaban J connectivity index is 1.92. The predicted molar refractivity (Wildman–Crippen MR) is 93.8 cm³/mol. The first-order valence-electron chi connectivity index (χ1n) is 7.46. The zero-order valence-electron chi connectivity index (χ0n) is 13.1. The number of hydrogen-bond donors (Lipinski definition) is 0. The number of nitriles is 1. The second-order valence-electron chi connectivity index (χ2n) is 5.57. The molecule has 3 rings (SSSR count). The van der Waals surface area contributed by atoms with Crippen LogP contribution in [0.5, 0.6) is 5.75 Å². The Labute approximate surface area is 141 Å². The number of nitrogens with zero attached hydrogens (tertiary/aromatic N) is 2. The van der Waals surface area contributed by atoms with Crippen molar-refractivity contribution in [2.24, 2.45) is 0 Å². The molecule has 1 aliphatic rings. The van der Waals surface area contributed by atoms with E-state index >= 15 is 0 Å². The van der Waals surface area contributed by atoms with Crippen LogP contribution in [0.2, 0.25) is 5.02 Å². The lowest BCUT2D eigenvalue weighted by atomic mass is 10.0. The molecule has 1 atom stereocenters. The molecule has 2 aromatic rings. The predicted octanol–water partition coefficient (Wildman–Crippen LogP) is 4.64. The lowest BCUT2D eigenvalue weighted by molar-refractivity contribution is 0.306. The second-order valence-corrected chi connectivity index (χ2v) is 5.98. The van der Waals surface area contributed by atoms with Crippen molar-refractivity contribution in [1.29, 1.82) is 5.26 Å². The van der Waals surface area contributed by atoms with Gasteiger partial charge < -0.3 is 9.64 Å². The van der Waals surface area contributed by atoms with Crippen LogP contribution in [0.25, 0.3) is 6.08 Å². The first kappa shape index (κ1) is 15.5. The van der Waals surface area contributed by atoms with E-state index in [0.29, 0.717) is 16.6 Å². The minimum absolute atomic E-state index is 0.269. The number of hydrogen-bond acceptors (Lipinski definition) is 3. The molecule has 2 aromatic carbocycles. The van der Waals surface area contributed by atoms with Gasteiger partial charge in [-0.1, -0.05) is 42.0 Å². The van der Waals surface area contributed by atoms with Crippen molar-refractivity contribution in [2.45, 2.75) is 19.6 Å². The van der Waals surface area contributed by atoms with E-state index in [4.69, 9.17) is 16.3 Å². The van der Waals surface area contributed by atoms with Gasteiger partial charge in [0.05, 0.1) is 17.3 Å². The average Bonchev–Trinajstić information content (AvgIpc) is 2.56. The normalized spacial score (nSPS) is 15.9. The van der Waals surface area contributed by atoms with E-state index in [1.54, 1.807) is 18.2 Å². The number of likely N-dealkylation sites (N-methyl/N-ethyl adjacent to an activating group) is 1. The molecule has 0 N–H and O–H groups in total. The third-order valence-corrected chi connectivity index (χ3v) is 4.51. The van der Waals surface area contributed by atoms with Crippen molar-refractivity contribution < 1.29 is 4.74 Å². The number of benzene rings is 2. The Bertz CT molecular complexity index is 808. The highest BCUT2D eigenvalue weighted by atomic mass is 35.5. The van der Waals surface area contributed by atoms with Gasteiger partial charge in [-0.3, -0.25) is 0 Å². The van der Waals surface area contributed by atoms with Crippen LogP contribution >= 0.6 is 11.6 Å². The van der Waals surface area contributed by atoms with Gasteiger partial charge in [0.15, 0.2) is 0 Å². The number of ether oxygens (including phenoxy) is 1. The highest BCUT2D eigenvalue weighted by Crippen LogP contribution is 2.37. The fourth-order valence-corrected chi connectivity index (χ4v) is 2.93. The molecule has 0 spiro atoms. The zero-order chi connectivity index (χ0) is 16.4. The van der Waals surface area contributed by atoms with Crippen molar-refractivity contribution in [3.8, 4) is 11.8 Å². The number of anilines is 1. The molecule has 1 heterocycles.